The van der Waals surface area contributed by atoms with Crippen LogP contribution < -0.4 is 16.2 Å². The molecule has 0 saturated carbocycles. The van der Waals surface area contributed by atoms with Crippen LogP contribution in [0.2, 0.25) is 0 Å². The van der Waals surface area contributed by atoms with Gasteiger partial charge in [0.2, 0.25) is 5.91 Å². The summed E-state index contributed by atoms with van der Waals surface area (Å²) in [6.07, 6.45) is 0.156. The summed E-state index contributed by atoms with van der Waals surface area (Å²) < 4.78 is 1.92. The third-order valence-corrected chi connectivity index (χ3v) is 4.55. The summed E-state index contributed by atoms with van der Waals surface area (Å²) in [6.45, 7) is 4.24. The van der Waals surface area contributed by atoms with Gasteiger partial charge in [-0.1, -0.05) is 44.2 Å². The molecule has 0 fully saturated rings. The number of nitrogens with one attached hydrogen (secondary N) is 3. The zero-order valence-electron chi connectivity index (χ0n) is 15.6. The molecule has 3 aromatic rings. The molecule has 0 saturated heterocycles. The number of thiocarbonyl (C=S) groups is 1. The molecule has 0 atom stereocenters. The topological polar surface area (TPSA) is 71.0 Å². The Hall–Kier alpha value is -2.93. The summed E-state index contributed by atoms with van der Waals surface area (Å²) in [6, 6.07) is 15.8. The summed E-state index contributed by atoms with van der Waals surface area (Å²) in [4.78, 5) is 16.8. The lowest BCUT2D eigenvalue weighted by Crippen LogP contribution is -2.44. The molecule has 1 aromatic heterocycles. The van der Waals surface area contributed by atoms with Gasteiger partial charge in [0.1, 0.15) is 5.82 Å². The fourth-order valence-electron chi connectivity index (χ4n) is 2.94. The molecular formula is C20H23N5OS. The highest BCUT2D eigenvalue weighted by Gasteiger charge is 2.12. The fourth-order valence-corrected chi connectivity index (χ4v) is 3.10. The summed E-state index contributed by atoms with van der Waals surface area (Å²) >= 11 is 5.29. The minimum Gasteiger partial charge on any atom is -0.331 e. The SMILES string of the molecule is CC(C)c1ccccc1NC(=S)NNC(=O)Cc1nc2ccccc2n1C. The van der Waals surface area contributed by atoms with Crippen molar-refractivity contribution in [3.63, 3.8) is 0 Å². The molecule has 1 heterocycles. The van der Waals surface area contributed by atoms with E-state index in [2.05, 4.69) is 41.1 Å². The van der Waals surface area contributed by atoms with E-state index < -0.39 is 0 Å². The standard InChI is InChI=1S/C20H23N5OS/c1-13(2)14-8-4-5-9-15(14)22-20(27)24-23-19(26)12-18-21-16-10-6-7-11-17(16)25(18)3/h4-11,13H,12H2,1-3H3,(H,23,26)(H2,22,24,27). The molecule has 0 aliphatic heterocycles. The highest BCUT2D eigenvalue weighted by Crippen LogP contribution is 2.23. The first-order valence-electron chi connectivity index (χ1n) is 8.81. The van der Waals surface area contributed by atoms with Crippen LogP contribution in [-0.4, -0.2) is 20.6 Å². The molecule has 3 rings (SSSR count). The van der Waals surface area contributed by atoms with Gasteiger partial charge in [-0.25, -0.2) is 4.98 Å². The average molecular weight is 382 g/mol. The quantitative estimate of drug-likeness (QED) is 0.478. The van der Waals surface area contributed by atoms with E-state index in [0.29, 0.717) is 16.9 Å². The monoisotopic (exact) mass is 381 g/mol. The van der Waals surface area contributed by atoms with E-state index in [1.807, 2.05) is 54.1 Å². The van der Waals surface area contributed by atoms with Gasteiger partial charge < -0.3 is 9.88 Å². The molecule has 0 radical (unpaired) electrons. The molecular weight excluding hydrogens is 358 g/mol. The van der Waals surface area contributed by atoms with E-state index in [0.717, 1.165) is 22.3 Å². The molecule has 6 nitrogen and oxygen atoms in total. The second-order valence-corrected chi connectivity index (χ2v) is 7.03. The highest BCUT2D eigenvalue weighted by atomic mass is 32.1. The van der Waals surface area contributed by atoms with Crippen molar-refractivity contribution in [3.05, 3.63) is 59.9 Å². The van der Waals surface area contributed by atoms with E-state index >= 15 is 0 Å². The van der Waals surface area contributed by atoms with Crippen LogP contribution in [0, 0.1) is 0 Å². The third-order valence-electron chi connectivity index (χ3n) is 4.34. The number of aromatic nitrogens is 2. The number of amides is 1. The van der Waals surface area contributed by atoms with Crippen molar-refractivity contribution in [1.82, 2.24) is 20.4 Å². The number of hydrogen-bond donors (Lipinski definition) is 3. The molecule has 0 spiro atoms. The molecule has 0 aliphatic rings. The van der Waals surface area contributed by atoms with E-state index in [9.17, 15) is 4.79 Å². The number of anilines is 1. The minimum atomic E-state index is -0.213. The largest absolute Gasteiger partial charge is 0.331 e. The van der Waals surface area contributed by atoms with Crippen molar-refractivity contribution in [3.8, 4) is 0 Å². The predicted molar refractivity (Wildman–Crippen MR) is 112 cm³/mol. The van der Waals surface area contributed by atoms with E-state index in [1.165, 1.54) is 0 Å². The number of benzene rings is 2. The number of hydrogen-bond acceptors (Lipinski definition) is 3. The van der Waals surface area contributed by atoms with Gasteiger partial charge in [0.05, 0.1) is 17.5 Å². The van der Waals surface area contributed by atoms with Gasteiger partial charge in [-0.3, -0.25) is 15.6 Å². The van der Waals surface area contributed by atoms with Crippen LogP contribution in [0.5, 0.6) is 0 Å². The second-order valence-electron chi connectivity index (χ2n) is 6.62. The number of fused-ring (bicyclic) bond motifs is 1. The summed E-state index contributed by atoms with van der Waals surface area (Å²) in [5, 5.41) is 3.46. The van der Waals surface area contributed by atoms with Gasteiger partial charge in [-0.05, 0) is 41.9 Å². The van der Waals surface area contributed by atoms with Crippen LogP contribution in [0.25, 0.3) is 11.0 Å². The Labute approximate surface area is 164 Å². The van der Waals surface area contributed by atoms with Crippen molar-refractivity contribution in [2.24, 2.45) is 7.05 Å². The van der Waals surface area contributed by atoms with Crippen molar-refractivity contribution >= 4 is 40.0 Å². The van der Waals surface area contributed by atoms with Gasteiger partial charge in [-0.15, -0.1) is 0 Å². The lowest BCUT2D eigenvalue weighted by atomic mass is 10.0. The minimum absolute atomic E-state index is 0.156. The molecule has 0 unspecified atom stereocenters. The Morgan fingerprint density at radius 1 is 1.11 bits per heavy atom. The van der Waals surface area contributed by atoms with Crippen LogP contribution in [-0.2, 0) is 18.3 Å². The van der Waals surface area contributed by atoms with Crippen molar-refractivity contribution < 1.29 is 4.79 Å². The first-order chi connectivity index (χ1) is 13.0. The number of nitrogens with zero attached hydrogens (tertiary/aromatic N) is 2. The molecule has 140 valence electrons. The van der Waals surface area contributed by atoms with Gasteiger partial charge in [-0.2, -0.15) is 0 Å². The molecule has 27 heavy (non-hydrogen) atoms. The van der Waals surface area contributed by atoms with Crippen LogP contribution >= 0.6 is 12.2 Å². The summed E-state index contributed by atoms with van der Waals surface area (Å²) in [7, 11) is 1.90. The first kappa shape index (κ1) is 18.8. The summed E-state index contributed by atoms with van der Waals surface area (Å²) in [5.41, 5.74) is 9.33. The molecule has 2 aromatic carbocycles. The second kappa shape index (κ2) is 8.18. The van der Waals surface area contributed by atoms with Crippen LogP contribution in [0.1, 0.15) is 31.2 Å². The zero-order chi connectivity index (χ0) is 19.4. The Morgan fingerprint density at radius 2 is 1.81 bits per heavy atom. The Balaban J connectivity index is 1.57. The van der Waals surface area contributed by atoms with Crippen LogP contribution in [0.4, 0.5) is 5.69 Å². The average Bonchev–Trinajstić information content (AvgIpc) is 2.96. The maximum Gasteiger partial charge on any atom is 0.245 e. The fraction of sp³-hybridized carbons (Fsp3) is 0.250. The number of hydrazine groups is 1. The predicted octanol–water partition coefficient (Wildman–Crippen LogP) is 3.26. The smallest absolute Gasteiger partial charge is 0.245 e. The number of carbonyl (C=O) groups excluding carboxylic acids is 1. The van der Waals surface area contributed by atoms with E-state index in [-0.39, 0.29) is 12.3 Å². The Bertz CT molecular complexity index is 979. The maximum atomic E-state index is 12.3. The van der Waals surface area contributed by atoms with E-state index in [4.69, 9.17) is 12.2 Å². The summed E-state index contributed by atoms with van der Waals surface area (Å²) in [5.74, 6) is 0.845. The van der Waals surface area contributed by atoms with Gasteiger partial charge in [0.25, 0.3) is 0 Å². The number of carbonyl (C=O) groups is 1. The number of imidazole rings is 1. The number of aryl methyl sites for hydroxylation is 1. The highest BCUT2D eigenvalue weighted by molar-refractivity contribution is 7.80. The first-order valence-corrected chi connectivity index (χ1v) is 9.21. The molecule has 3 N–H and O–H groups in total. The van der Waals surface area contributed by atoms with Crippen LogP contribution in [0.3, 0.4) is 0 Å². The zero-order valence-corrected chi connectivity index (χ0v) is 16.4. The van der Waals surface area contributed by atoms with Gasteiger partial charge in [0.15, 0.2) is 5.11 Å². The van der Waals surface area contributed by atoms with Gasteiger partial charge >= 0.3 is 0 Å². The molecule has 0 bridgehead atoms. The molecule has 1 amide bonds. The lowest BCUT2D eigenvalue weighted by Gasteiger charge is -2.16. The molecule has 0 aliphatic carbocycles. The van der Waals surface area contributed by atoms with Crippen LogP contribution in [0.15, 0.2) is 48.5 Å². The maximum absolute atomic E-state index is 12.3. The number of para-hydroxylation sites is 3. The Morgan fingerprint density at radius 3 is 2.56 bits per heavy atom. The number of rotatable bonds is 4. The van der Waals surface area contributed by atoms with Gasteiger partial charge in [0, 0.05) is 12.7 Å². The normalized spacial score (nSPS) is 10.8. The van der Waals surface area contributed by atoms with Crippen molar-refractivity contribution in [2.45, 2.75) is 26.2 Å². The van der Waals surface area contributed by atoms with Crippen molar-refractivity contribution in [1.29, 1.82) is 0 Å². The lowest BCUT2D eigenvalue weighted by molar-refractivity contribution is -0.121. The third kappa shape index (κ3) is 4.43. The van der Waals surface area contributed by atoms with Crippen molar-refractivity contribution in [2.75, 3.05) is 5.32 Å². The Kier molecular flexibility index (Phi) is 5.71. The van der Waals surface area contributed by atoms with E-state index in [1.54, 1.807) is 0 Å². The molecule has 7 heteroatoms.